The lowest BCUT2D eigenvalue weighted by atomic mass is 10.1. The normalized spacial score (nSPS) is 23.0. The van der Waals surface area contributed by atoms with Gasteiger partial charge in [-0.05, 0) is 39.3 Å². The lowest BCUT2D eigenvalue weighted by Crippen LogP contribution is -2.33. The molecule has 2 atom stereocenters. The second-order valence-electron chi connectivity index (χ2n) is 5.33. The van der Waals surface area contributed by atoms with Crippen LogP contribution in [0.1, 0.15) is 27.2 Å². The molecule has 4 heteroatoms. The first-order chi connectivity index (χ1) is 8.04. The van der Waals surface area contributed by atoms with E-state index in [1.54, 1.807) is 0 Å². The highest BCUT2D eigenvalue weighted by Crippen LogP contribution is 2.17. The van der Waals surface area contributed by atoms with Crippen molar-refractivity contribution in [1.82, 2.24) is 10.2 Å². The van der Waals surface area contributed by atoms with Gasteiger partial charge in [-0.15, -0.1) is 0 Å². The van der Waals surface area contributed by atoms with Crippen molar-refractivity contribution in [3.05, 3.63) is 0 Å². The Labute approximate surface area is 105 Å². The van der Waals surface area contributed by atoms with Gasteiger partial charge in [0.1, 0.15) is 0 Å². The molecule has 0 aromatic carbocycles. The lowest BCUT2D eigenvalue weighted by Gasteiger charge is -2.20. The fourth-order valence-electron chi connectivity index (χ4n) is 2.29. The van der Waals surface area contributed by atoms with Crippen LogP contribution in [0.2, 0.25) is 0 Å². The number of methoxy groups -OCH3 is 1. The third-order valence-corrected chi connectivity index (χ3v) is 3.53. The van der Waals surface area contributed by atoms with E-state index in [2.05, 4.69) is 24.1 Å². The molecule has 0 aliphatic carbocycles. The molecule has 0 aromatic rings. The third kappa shape index (κ3) is 4.64. The first kappa shape index (κ1) is 14.5. The lowest BCUT2D eigenvalue weighted by molar-refractivity contribution is -0.144. The molecule has 2 unspecified atom stereocenters. The van der Waals surface area contributed by atoms with E-state index in [1.165, 1.54) is 26.6 Å². The van der Waals surface area contributed by atoms with Gasteiger partial charge in [-0.2, -0.15) is 0 Å². The van der Waals surface area contributed by atoms with Crippen LogP contribution in [0.15, 0.2) is 0 Å². The Morgan fingerprint density at radius 2 is 2.18 bits per heavy atom. The summed E-state index contributed by atoms with van der Waals surface area (Å²) >= 11 is 0. The molecule has 1 heterocycles. The van der Waals surface area contributed by atoms with Crippen LogP contribution in [0.4, 0.5) is 0 Å². The molecule has 4 nitrogen and oxygen atoms in total. The Balaban J connectivity index is 2.14. The number of carbonyl (C=O) groups excluding carboxylic acids is 1. The molecule has 0 aromatic heterocycles. The molecular weight excluding hydrogens is 216 g/mol. The van der Waals surface area contributed by atoms with E-state index in [0.717, 1.165) is 12.5 Å². The fraction of sp³-hybridized carbons (Fsp3) is 0.923. The van der Waals surface area contributed by atoms with Crippen molar-refractivity contribution < 1.29 is 9.53 Å². The molecule has 1 fully saturated rings. The predicted octanol–water partition coefficient (Wildman–Crippen LogP) is 1.12. The standard InChI is InChI=1S/C13H26N2O2/c1-10(2)15-6-5-12(9-15)8-14-7-11(3)13(16)17-4/h10-12,14H,5-9H2,1-4H3. The number of hydrogen-bond donors (Lipinski definition) is 1. The van der Waals surface area contributed by atoms with E-state index < -0.39 is 0 Å². The van der Waals surface area contributed by atoms with Crippen LogP contribution in [-0.2, 0) is 9.53 Å². The van der Waals surface area contributed by atoms with Crippen LogP contribution in [0.5, 0.6) is 0 Å². The summed E-state index contributed by atoms with van der Waals surface area (Å²) in [5.74, 6) is 0.539. The molecule has 0 spiro atoms. The summed E-state index contributed by atoms with van der Waals surface area (Å²) in [6, 6.07) is 0.647. The average Bonchev–Trinajstić information content (AvgIpc) is 2.76. The van der Waals surface area contributed by atoms with Crippen LogP contribution in [0, 0.1) is 11.8 Å². The zero-order valence-corrected chi connectivity index (χ0v) is 11.5. The van der Waals surface area contributed by atoms with Gasteiger partial charge in [-0.1, -0.05) is 6.92 Å². The highest BCUT2D eigenvalue weighted by molar-refractivity contribution is 5.71. The number of ether oxygens (including phenoxy) is 1. The van der Waals surface area contributed by atoms with Gasteiger partial charge >= 0.3 is 5.97 Å². The summed E-state index contributed by atoms with van der Waals surface area (Å²) in [5.41, 5.74) is 0. The number of likely N-dealkylation sites (tertiary alicyclic amines) is 1. The maximum atomic E-state index is 11.2. The second kappa shape index (κ2) is 6.97. The number of carbonyl (C=O) groups is 1. The molecule has 1 N–H and O–H groups in total. The second-order valence-corrected chi connectivity index (χ2v) is 5.33. The Morgan fingerprint density at radius 3 is 2.71 bits per heavy atom. The minimum absolute atomic E-state index is 0.0531. The van der Waals surface area contributed by atoms with Gasteiger partial charge in [-0.3, -0.25) is 4.79 Å². The van der Waals surface area contributed by atoms with Gasteiger partial charge in [0, 0.05) is 19.1 Å². The van der Waals surface area contributed by atoms with Crippen molar-refractivity contribution in [2.45, 2.75) is 33.2 Å². The van der Waals surface area contributed by atoms with Gasteiger partial charge in [0.2, 0.25) is 0 Å². The summed E-state index contributed by atoms with van der Waals surface area (Å²) in [5, 5.41) is 3.37. The molecule has 1 aliphatic heterocycles. The molecule has 0 radical (unpaired) electrons. The zero-order valence-electron chi connectivity index (χ0n) is 11.5. The summed E-state index contributed by atoms with van der Waals surface area (Å²) in [6.07, 6.45) is 1.26. The van der Waals surface area contributed by atoms with Gasteiger partial charge in [0.25, 0.3) is 0 Å². The van der Waals surface area contributed by atoms with Crippen molar-refractivity contribution >= 4 is 5.97 Å². The largest absolute Gasteiger partial charge is 0.469 e. The van der Waals surface area contributed by atoms with Gasteiger partial charge in [-0.25, -0.2) is 0 Å². The monoisotopic (exact) mass is 242 g/mol. The summed E-state index contributed by atoms with van der Waals surface area (Å²) < 4.78 is 4.70. The van der Waals surface area contributed by atoms with Gasteiger partial charge in [0.05, 0.1) is 13.0 Å². The smallest absolute Gasteiger partial charge is 0.309 e. The van der Waals surface area contributed by atoms with Crippen LogP contribution >= 0.6 is 0 Å². The molecule has 100 valence electrons. The van der Waals surface area contributed by atoms with E-state index >= 15 is 0 Å². The molecule has 1 aliphatic rings. The molecule has 1 saturated heterocycles. The highest BCUT2D eigenvalue weighted by atomic mass is 16.5. The SMILES string of the molecule is COC(=O)C(C)CNCC1CCN(C(C)C)C1. The number of nitrogens with one attached hydrogen (secondary N) is 1. The minimum Gasteiger partial charge on any atom is -0.469 e. The van der Waals surface area contributed by atoms with Gasteiger partial charge in [0.15, 0.2) is 0 Å². The van der Waals surface area contributed by atoms with Crippen molar-refractivity contribution in [3.8, 4) is 0 Å². The van der Waals surface area contributed by atoms with Crippen LogP contribution < -0.4 is 5.32 Å². The van der Waals surface area contributed by atoms with E-state index in [0.29, 0.717) is 12.6 Å². The van der Waals surface area contributed by atoms with E-state index in [9.17, 15) is 4.79 Å². The zero-order chi connectivity index (χ0) is 12.8. The summed E-state index contributed by atoms with van der Waals surface area (Å²) in [4.78, 5) is 13.7. The third-order valence-electron chi connectivity index (χ3n) is 3.53. The van der Waals surface area contributed by atoms with Gasteiger partial charge < -0.3 is 15.0 Å². The quantitative estimate of drug-likeness (QED) is 0.709. The molecule has 0 bridgehead atoms. The van der Waals surface area contributed by atoms with Crippen LogP contribution in [0.3, 0.4) is 0 Å². The van der Waals surface area contributed by atoms with E-state index in [4.69, 9.17) is 4.74 Å². The molecule has 17 heavy (non-hydrogen) atoms. The number of esters is 1. The molecular formula is C13H26N2O2. The first-order valence-electron chi connectivity index (χ1n) is 6.57. The maximum Gasteiger partial charge on any atom is 0.309 e. The van der Waals surface area contributed by atoms with Crippen LogP contribution in [0.25, 0.3) is 0 Å². The predicted molar refractivity (Wildman–Crippen MR) is 68.9 cm³/mol. The maximum absolute atomic E-state index is 11.2. The average molecular weight is 242 g/mol. The van der Waals surface area contributed by atoms with E-state index in [1.807, 2.05) is 6.92 Å². The molecule has 0 amide bonds. The van der Waals surface area contributed by atoms with Crippen molar-refractivity contribution in [3.63, 3.8) is 0 Å². The highest BCUT2D eigenvalue weighted by Gasteiger charge is 2.24. The Hall–Kier alpha value is -0.610. The van der Waals surface area contributed by atoms with Crippen molar-refractivity contribution in [2.24, 2.45) is 11.8 Å². The Morgan fingerprint density at radius 1 is 1.47 bits per heavy atom. The fourth-order valence-corrected chi connectivity index (χ4v) is 2.29. The number of hydrogen-bond acceptors (Lipinski definition) is 4. The Bertz CT molecular complexity index is 244. The minimum atomic E-state index is -0.132. The number of rotatable bonds is 6. The summed E-state index contributed by atoms with van der Waals surface area (Å²) in [6.45, 7) is 10.5. The topological polar surface area (TPSA) is 41.6 Å². The molecule has 1 rings (SSSR count). The Kier molecular flexibility index (Phi) is 5.92. The van der Waals surface area contributed by atoms with Crippen molar-refractivity contribution in [1.29, 1.82) is 0 Å². The van der Waals surface area contributed by atoms with Crippen LogP contribution in [-0.4, -0.2) is 50.2 Å². The summed E-state index contributed by atoms with van der Waals surface area (Å²) in [7, 11) is 1.44. The van der Waals surface area contributed by atoms with E-state index in [-0.39, 0.29) is 11.9 Å². The number of nitrogens with zero attached hydrogens (tertiary/aromatic N) is 1. The molecule has 0 saturated carbocycles. The first-order valence-corrected chi connectivity index (χ1v) is 6.57. The van der Waals surface area contributed by atoms with Crippen molar-refractivity contribution in [2.75, 3.05) is 33.3 Å².